The highest BCUT2D eigenvalue weighted by atomic mass is 16.5. The van der Waals surface area contributed by atoms with Gasteiger partial charge in [0.05, 0.1) is 7.11 Å². The smallest absolute Gasteiger partial charge is 0.407 e. The maximum atomic E-state index is 10.7. The van der Waals surface area contributed by atoms with Crippen LogP contribution in [0.5, 0.6) is 0 Å². The fourth-order valence-electron chi connectivity index (χ4n) is 0.890. The first-order valence-electron chi connectivity index (χ1n) is 4.18. The molecule has 0 saturated carbocycles. The molecular formula is C8H15NO5. The van der Waals surface area contributed by atoms with E-state index in [2.05, 4.69) is 10.1 Å². The third kappa shape index (κ3) is 5.36. The summed E-state index contributed by atoms with van der Waals surface area (Å²) in [7, 11) is 2.72. The fraction of sp³-hybridized carbons (Fsp3) is 0.750. The second-order valence-electron chi connectivity index (χ2n) is 2.66. The van der Waals surface area contributed by atoms with Crippen LogP contribution in [0, 0.1) is 0 Å². The van der Waals surface area contributed by atoms with Gasteiger partial charge in [-0.2, -0.15) is 0 Å². The summed E-state index contributed by atoms with van der Waals surface area (Å²) in [4.78, 5) is 21.4. The van der Waals surface area contributed by atoms with Crippen molar-refractivity contribution in [2.24, 2.45) is 0 Å². The van der Waals surface area contributed by atoms with Crippen LogP contribution in [0.15, 0.2) is 0 Å². The molecule has 1 atom stereocenters. The quantitative estimate of drug-likeness (QED) is 0.606. The largest absolute Gasteiger partial charge is 0.480 e. The highest BCUT2D eigenvalue weighted by Crippen LogP contribution is 1.98. The minimum absolute atomic E-state index is 0.318. The van der Waals surface area contributed by atoms with E-state index in [1.165, 1.54) is 14.2 Å². The van der Waals surface area contributed by atoms with Gasteiger partial charge < -0.3 is 19.9 Å². The van der Waals surface area contributed by atoms with E-state index in [0.717, 1.165) is 0 Å². The van der Waals surface area contributed by atoms with Crippen LogP contribution in [-0.4, -0.2) is 44.0 Å². The Labute approximate surface area is 82.2 Å². The fourth-order valence-corrected chi connectivity index (χ4v) is 0.890. The Morgan fingerprint density at radius 1 is 1.43 bits per heavy atom. The number of carboxylic acids is 1. The van der Waals surface area contributed by atoms with Crippen LogP contribution in [0.4, 0.5) is 4.79 Å². The van der Waals surface area contributed by atoms with E-state index in [0.29, 0.717) is 19.4 Å². The van der Waals surface area contributed by atoms with Crippen LogP contribution in [-0.2, 0) is 14.3 Å². The Balaban J connectivity index is 3.90. The molecule has 2 N–H and O–H groups in total. The molecule has 0 aliphatic heterocycles. The number of amides is 1. The highest BCUT2D eigenvalue weighted by Gasteiger charge is 2.19. The molecule has 0 radical (unpaired) electrons. The normalized spacial score (nSPS) is 11.9. The van der Waals surface area contributed by atoms with E-state index in [4.69, 9.17) is 9.84 Å². The molecule has 0 aromatic carbocycles. The van der Waals surface area contributed by atoms with Gasteiger partial charge in [-0.15, -0.1) is 0 Å². The Kier molecular flexibility index (Phi) is 6.47. The predicted molar refractivity (Wildman–Crippen MR) is 48.1 cm³/mol. The zero-order chi connectivity index (χ0) is 11.0. The van der Waals surface area contributed by atoms with Crippen LogP contribution in [0.25, 0.3) is 0 Å². The molecule has 1 amide bonds. The van der Waals surface area contributed by atoms with E-state index in [1.54, 1.807) is 0 Å². The van der Waals surface area contributed by atoms with Gasteiger partial charge in [-0.1, -0.05) is 0 Å². The van der Waals surface area contributed by atoms with Gasteiger partial charge in [-0.05, 0) is 12.8 Å². The van der Waals surface area contributed by atoms with E-state index < -0.39 is 18.1 Å². The second kappa shape index (κ2) is 7.14. The number of carbonyl (C=O) groups excluding carboxylic acids is 1. The van der Waals surface area contributed by atoms with Gasteiger partial charge in [0.25, 0.3) is 0 Å². The zero-order valence-corrected chi connectivity index (χ0v) is 8.28. The Hall–Kier alpha value is -1.30. The summed E-state index contributed by atoms with van der Waals surface area (Å²) in [5.41, 5.74) is 0. The van der Waals surface area contributed by atoms with Gasteiger partial charge in [0, 0.05) is 13.7 Å². The van der Waals surface area contributed by atoms with Crippen molar-refractivity contribution in [2.45, 2.75) is 18.9 Å². The van der Waals surface area contributed by atoms with Crippen LogP contribution in [0.1, 0.15) is 12.8 Å². The zero-order valence-electron chi connectivity index (χ0n) is 8.28. The maximum absolute atomic E-state index is 10.7. The molecule has 6 nitrogen and oxygen atoms in total. The van der Waals surface area contributed by atoms with Crippen LogP contribution >= 0.6 is 0 Å². The summed E-state index contributed by atoms with van der Waals surface area (Å²) >= 11 is 0. The average Bonchev–Trinajstić information content (AvgIpc) is 2.16. The molecule has 14 heavy (non-hydrogen) atoms. The van der Waals surface area contributed by atoms with Gasteiger partial charge in [0.15, 0.2) is 0 Å². The Bertz CT molecular complexity index is 194. The summed E-state index contributed by atoms with van der Waals surface area (Å²) in [6, 6.07) is -0.919. The van der Waals surface area contributed by atoms with Crippen molar-refractivity contribution >= 4 is 12.1 Å². The number of carbonyl (C=O) groups is 2. The average molecular weight is 205 g/mol. The lowest BCUT2D eigenvalue weighted by atomic mass is 10.1. The number of aliphatic carboxylic acids is 1. The summed E-state index contributed by atoms with van der Waals surface area (Å²) in [5.74, 6) is -1.08. The van der Waals surface area contributed by atoms with Crippen molar-refractivity contribution in [3.05, 3.63) is 0 Å². The summed E-state index contributed by atoms with van der Waals surface area (Å²) < 4.78 is 9.06. The van der Waals surface area contributed by atoms with Crippen LogP contribution in [0.3, 0.4) is 0 Å². The predicted octanol–water partition coefficient (Wildman–Crippen LogP) is 0.222. The molecule has 0 fully saturated rings. The number of carboxylic acid groups (broad SMARTS) is 1. The van der Waals surface area contributed by atoms with E-state index in [1.807, 2.05) is 0 Å². The van der Waals surface area contributed by atoms with Crippen LogP contribution in [0.2, 0.25) is 0 Å². The van der Waals surface area contributed by atoms with Gasteiger partial charge in [0.1, 0.15) is 6.04 Å². The summed E-state index contributed by atoms with van der Waals surface area (Å²) in [6.45, 7) is 0.465. The molecule has 0 unspecified atom stereocenters. The maximum Gasteiger partial charge on any atom is 0.407 e. The first-order valence-corrected chi connectivity index (χ1v) is 4.18. The lowest BCUT2D eigenvalue weighted by Gasteiger charge is -2.12. The number of ether oxygens (including phenoxy) is 2. The third-order valence-electron chi connectivity index (χ3n) is 1.62. The molecule has 0 aliphatic carbocycles. The third-order valence-corrected chi connectivity index (χ3v) is 1.62. The molecule has 6 heteroatoms. The van der Waals surface area contributed by atoms with E-state index >= 15 is 0 Å². The molecular weight excluding hydrogens is 190 g/mol. The van der Waals surface area contributed by atoms with Crippen molar-refractivity contribution in [1.29, 1.82) is 0 Å². The topological polar surface area (TPSA) is 84.9 Å². The second-order valence-corrected chi connectivity index (χ2v) is 2.66. The van der Waals surface area contributed by atoms with Crippen LogP contribution < -0.4 is 5.32 Å². The standard InChI is InChI=1S/C8H15NO5/c1-13-5-3-4-6(7(10)11)9-8(12)14-2/h6H,3-5H2,1-2H3,(H,9,12)(H,10,11)/t6-/m0/s1. The first kappa shape index (κ1) is 12.7. The van der Waals surface area contributed by atoms with Crippen molar-refractivity contribution in [3.63, 3.8) is 0 Å². The van der Waals surface area contributed by atoms with Gasteiger partial charge in [0.2, 0.25) is 0 Å². The van der Waals surface area contributed by atoms with Crippen molar-refractivity contribution < 1.29 is 24.2 Å². The number of nitrogens with one attached hydrogen (secondary N) is 1. The SMILES string of the molecule is COCCC[C@H](NC(=O)OC)C(=O)O. The molecule has 82 valence electrons. The highest BCUT2D eigenvalue weighted by molar-refractivity contribution is 5.79. The number of methoxy groups -OCH3 is 2. The lowest BCUT2D eigenvalue weighted by Crippen LogP contribution is -2.40. The summed E-state index contributed by atoms with van der Waals surface area (Å²) in [5, 5.41) is 10.9. The molecule has 0 aromatic rings. The Morgan fingerprint density at radius 3 is 2.50 bits per heavy atom. The van der Waals surface area contributed by atoms with Gasteiger partial charge >= 0.3 is 12.1 Å². The number of hydrogen-bond acceptors (Lipinski definition) is 4. The molecule has 0 aromatic heterocycles. The number of hydrogen-bond donors (Lipinski definition) is 2. The Morgan fingerprint density at radius 2 is 2.07 bits per heavy atom. The molecule has 0 rings (SSSR count). The monoisotopic (exact) mass is 205 g/mol. The van der Waals surface area contributed by atoms with Crippen molar-refractivity contribution in [1.82, 2.24) is 5.32 Å². The van der Waals surface area contributed by atoms with Crippen molar-refractivity contribution in [2.75, 3.05) is 20.8 Å². The molecule has 0 spiro atoms. The van der Waals surface area contributed by atoms with E-state index in [-0.39, 0.29) is 0 Å². The molecule has 0 heterocycles. The number of alkyl carbamates (subject to hydrolysis) is 1. The van der Waals surface area contributed by atoms with Gasteiger partial charge in [-0.25, -0.2) is 9.59 Å². The molecule has 0 aliphatic rings. The van der Waals surface area contributed by atoms with Gasteiger partial charge in [-0.3, -0.25) is 0 Å². The van der Waals surface area contributed by atoms with E-state index in [9.17, 15) is 9.59 Å². The van der Waals surface area contributed by atoms with Crippen molar-refractivity contribution in [3.8, 4) is 0 Å². The minimum atomic E-state index is -1.08. The number of rotatable bonds is 6. The first-order chi connectivity index (χ1) is 6.61. The molecule has 0 saturated heterocycles. The molecule has 0 bridgehead atoms. The minimum Gasteiger partial charge on any atom is -0.480 e. The lowest BCUT2D eigenvalue weighted by molar-refractivity contribution is -0.139. The summed E-state index contributed by atoms with van der Waals surface area (Å²) in [6.07, 6.45) is 0.144.